The highest BCUT2D eigenvalue weighted by atomic mass is 35.5. The van der Waals surface area contributed by atoms with Gasteiger partial charge in [-0.15, -0.1) is 0 Å². The summed E-state index contributed by atoms with van der Waals surface area (Å²) in [4.78, 5) is 16.1. The summed E-state index contributed by atoms with van der Waals surface area (Å²) in [5.74, 6) is 1.15. The Labute approximate surface area is 229 Å². The Kier molecular flexibility index (Phi) is 7.42. The van der Waals surface area contributed by atoms with Gasteiger partial charge in [-0.1, -0.05) is 40.9 Å². The highest BCUT2D eigenvalue weighted by Gasteiger charge is 2.29. The fraction of sp³-hybridized carbons (Fsp3) is 0.240. The van der Waals surface area contributed by atoms with Crippen LogP contribution in [0.5, 0.6) is 11.5 Å². The smallest absolute Gasteiger partial charge is 0.263 e. The average Bonchev–Trinajstić information content (AvgIpc) is 3.32. The number of piperazine rings is 1. The summed E-state index contributed by atoms with van der Waals surface area (Å²) in [6.45, 7) is 3.48. The van der Waals surface area contributed by atoms with Crippen LogP contribution >= 0.6 is 34.8 Å². The van der Waals surface area contributed by atoms with Crippen LogP contribution < -0.4 is 19.1 Å². The zero-order valence-corrected chi connectivity index (χ0v) is 22.6. The lowest BCUT2D eigenvalue weighted by molar-refractivity contribution is -0.917. The molecule has 1 saturated heterocycles. The zero-order valence-electron chi connectivity index (χ0n) is 19.5. The van der Waals surface area contributed by atoms with E-state index in [1.54, 1.807) is 23.1 Å². The number of sulfonamides is 1. The van der Waals surface area contributed by atoms with Gasteiger partial charge in [0.25, 0.3) is 15.9 Å². The van der Waals surface area contributed by atoms with Crippen molar-refractivity contribution in [3.8, 4) is 11.5 Å². The summed E-state index contributed by atoms with van der Waals surface area (Å²) >= 11 is 18.5. The van der Waals surface area contributed by atoms with Gasteiger partial charge in [-0.05, 0) is 48.5 Å². The van der Waals surface area contributed by atoms with Crippen LogP contribution in [0.2, 0.25) is 15.1 Å². The van der Waals surface area contributed by atoms with Gasteiger partial charge in [-0.2, -0.15) is 0 Å². The Morgan fingerprint density at radius 1 is 0.946 bits per heavy atom. The summed E-state index contributed by atoms with van der Waals surface area (Å²) < 4.78 is 39.4. The minimum atomic E-state index is -4.11. The molecular weight excluding hydrogens is 561 g/mol. The monoisotopic (exact) mass is 582 g/mol. The predicted octanol–water partition coefficient (Wildman–Crippen LogP) is 3.72. The molecule has 0 spiro atoms. The van der Waals surface area contributed by atoms with Gasteiger partial charge in [0, 0.05) is 10.6 Å². The molecule has 0 atom stereocenters. The van der Waals surface area contributed by atoms with E-state index in [4.69, 9.17) is 44.3 Å². The molecule has 37 heavy (non-hydrogen) atoms. The van der Waals surface area contributed by atoms with Gasteiger partial charge >= 0.3 is 0 Å². The van der Waals surface area contributed by atoms with Crippen molar-refractivity contribution in [2.45, 2.75) is 11.4 Å². The second-order valence-electron chi connectivity index (χ2n) is 8.78. The van der Waals surface area contributed by atoms with E-state index in [2.05, 4.69) is 4.72 Å². The number of hydrogen-bond donors (Lipinski definition) is 2. The van der Waals surface area contributed by atoms with Crippen molar-refractivity contribution in [1.82, 2.24) is 4.90 Å². The van der Waals surface area contributed by atoms with Gasteiger partial charge in [0.1, 0.15) is 11.4 Å². The maximum absolute atomic E-state index is 13.3. The molecule has 5 rings (SSSR count). The topological polar surface area (TPSA) is 89.4 Å². The van der Waals surface area contributed by atoms with Crippen molar-refractivity contribution in [2.75, 3.05) is 37.7 Å². The van der Waals surface area contributed by atoms with E-state index in [1.807, 2.05) is 18.2 Å². The lowest BCUT2D eigenvalue weighted by atomic mass is 10.1. The van der Waals surface area contributed by atoms with Crippen LogP contribution in [0.1, 0.15) is 15.9 Å². The molecule has 8 nitrogen and oxygen atoms in total. The number of ether oxygens (including phenoxy) is 2. The van der Waals surface area contributed by atoms with Crippen LogP contribution in [0.25, 0.3) is 0 Å². The van der Waals surface area contributed by atoms with E-state index >= 15 is 0 Å². The Morgan fingerprint density at radius 2 is 1.70 bits per heavy atom. The number of halogens is 3. The normalized spacial score (nSPS) is 15.6. The molecule has 0 unspecified atom stereocenters. The number of rotatable bonds is 6. The summed E-state index contributed by atoms with van der Waals surface area (Å²) in [6, 6.07) is 14.7. The first kappa shape index (κ1) is 25.9. The summed E-state index contributed by atoms with van der Waals surface area (Å²) in [5, 5.41) is 0.374. The third-order valence-electron chi connectivity index (χ3n) is 6.27. The van der Waals surface area contributed by atoms with Crippen molar-refractivity contribution >= 4 is 56.4 Å². The molecule has 2 aliphatic rings. The van der Waals surface area contributed by atoms with Gasteiger partial charge in [0.15, 0.2) is 11.5 Å². The molecule has 3 aromatic rings. The molecular formula is C25H23Cl3N3O5S+. The molecule has 0 bridgehead atoms. The lowest BCUT2D eigenvalue weighted by Crippen LogP contribution is -3.13. The molecule has 1 fully saturated rings. The number of nitrogens with one attached hydrogen (secondary N) is 2. The highest BCUT2D eigenvalue weighted by molar-refractivity contribution is 7.92. The van der Waals surface area contributed by atoms with Crippen molar-refractivity contribution in [3.63, 3.8) is 0 Å². The second kappa shape index (κ2) is 10.6. The first-order valence-electron chi connectivity index (χ1n) is 11.5. The SMILES string of the molecule is O=C(c1cc(S(=O)(=O)Nc2cccc(Cl)c2)c(Cl)cc1Cl)N1CC[NH+](Cc2ccc3c(c2)OCO3)CC1. The Hall–Kier alpha value is -2.69. The third-order valence-corrected chi connectivity index (χ3v) is 8.66. The Bertz CT molecular complexity index is 1460. The van der Waals surface area contributed by atoms with E-state index < -0.39 is 10.0 Å². The zero-order chi connectivity index (χ0) is 26.2. The number of benzene rings is 3. The number of amides is 1. The van der Waals surface area contributed by atoms with Crippen LogP contribution in [0.15, 0.2) is 59.5 Å². The van der Waals surface area contributed by atoms with Gasteiger partial charge in [0.05, 0.1) is 47.5 Å². The highest BCUT2D eigenvalue weighted by Crippen LogP contribution is 2.33. The number of hydrogen-bond acceptors (Lipinski definition) is 5. The van der Waals surface area contributed by atoms with Crippen molar-refractivity contribution in [2.24, 2.45) is 0 Å². The molecule has 2 N–H and O–H groups in total. The van der Waals surface area contributed by atoms with Crippen LogP contribution in [-0.4, -0.2) is 52.2 Å². The maximum Gasteiger partial charge on any atom is 0.263 e. The maximum atomic E-state index is 13.3. The first-order valence-corrected chi connectivity index (χ1v) is 14.1. The van der Waals surface area contributed by atoms with Crippen LogP contribution in [0, 0.1) is 0 Å². The molecule has 194 valence electrons. The number of nitrogens with zero attached hydrogens (tertiary/aromatic N) is 1. The Morgan fingerprint density at radius 3 is 2.46 bits per heavy atom. The minimum Gasteiger partial charge on any atom is -0.454 e. The molecule has 2 aliphatic heterocycles. The van der Waals surface area contributed by atoms with Crippen molar-refractivity contribution in [3.05, 3.63) is 80.8 Å². The summed E-state index contributed by atoms with van der Waals surface area (Å²) in [5.41, 5.74) is 1.48. The Balaban J connectivity index is 1.28. The van der Waals surface area contributed by atoms with E-state index in [0.717, 1.165) is 36.7 Å². The molecule has 0 radical (unpaired) electrons. The van der Waals surface area contributed by atoms with E-state index in [1.165, 1.54) is 23.1 Å². The minimum absolute atomic E-state index is 0.0803. The summed E-state index contributed by atoms with van der Waals surface area (Å²) in [6.07, 6.45) is 0. The first-order chi connectivity index (χ1) is 17.7. The molecule has 0 aromatic heterocycles. The lowest BCUT2D eigenvalue weighted by Gasteiger charge is -2.32. The van der Waals surface area contributed by atoms with Crippen molar-refractivity contribution < 1.29 is 27.6 Å². The molecule has 2 heterocycles. The van der Waals surface area contributed by atoms with Crippen LogP contribution in [0.3, 0.4) is 0 Å². The molecule has 12 heteroatoms. The standard InChI is InChI=1S/C25H22Cl3N3O5S/c26-17-2-1-3-18(11-17)29-37(33,34)24-12-19(20(27)13-21(24)28)25(32)31-8-6-30(7-9-31)14-16-4-5-22-23(10-16)36-15-35-22/h1-5,10-13,29H,6-9,14-15H2/p+1. The number of fused-ring (bicyclic) bond motifs is 1. The van der Waals surface area contributed by atoms with Crippen LogP contribution in [-0.2, 0) is 16.6 Å². The average molecular weight is 584 g/mol. The van der Waals surface area contributed by atoms with Gasteiger partial charge in [-0.25, -0.2) is 8.42 Å². The fourth-order valence-electron chi connectivity index (χ4n) is 4.37. The number of carbonyl (C=O) groups excluding carboxylic acids is 1. The number of anilines is 1. The molecule has 1 amide bonds. The molecule has 3 aromatic carbocycles. The predicted molar refractivity (Wildman–Crippen MR) is 142 cm³/mol. The number of carbonyl (C=O) groups is 1. The van der Waals surface area contributed by atoms with Gasteiger partial charge < -0.3 is 19.3 Å². The van der Waals surface area contributed by atoms with Gasteiger partial charge in [-0.3, -0.25) is 9.52 Å². The van der Waals surface area contributed by atoms with E-state index in [0.29, 0.717) is 18.1 Å². The molecule has 0 saturated carbocycles. The quantitative estimate of drug-likeness (QED) is 0.462. The van der Waals surface area contributed by atoms with E-state index in [9.17, 15) is 13.2 Å². The number of quaternary nitrogens is 1. The van der Waals surface area contributed by atoms with Crippen LogP contribution in [0.4, 0.5) is 5.69 Å². The molecule has 0 aliphatic carbocycles. The fourth-order valence-corrected chi connectivity index (χ4v) is 6.47. The largest absolute Gasteiger partial charge is 0.454 e. The summed E-state index contributed by atoms with van der Waals surface area (Å²) in [7, 11) is -4.11. The van der Waals surface area contributed by atoms with Gasteiger partial charge in [0.2, 0.25) is 6.79 Å². The third kappa shape index (κ3) is 5.76. The second-order valence-corrected chi connectivity index (χ2v) is 11.7. The van der Waals surface area contributed by atoms with E-state index in [-0.39, 0.29) is 38.9 Å². The van der Waals surface area contributed by atoms with Crippen molar-refractivity contribution in [1.29, 1.82) is 0 Å².